The molecule has 4 amide bonds. The smallest absolute Gasteiger partial charge is 0.306 e. The van der Waals surface area contributed by atoms with Crippen LogP contribution in [0.5, 0.6) is 0 Å². The van der Waals surface area contributed by atoms with Gasteiger partial charge in [-0.3, -0.25) is 57.5 Å². The maximum Gasteiger partial charge on any atom is 0.306 e. The molecule has 0 aliphatic heterocycles. The highest BCUT2D eigenvalue weighted by Crippen LogP contribution is 2.40. The van der Waals surface area contributed by atoms with Crippen LogP contribution >= 0.6 is 0 Å². The van der Waals surface area contributed by atoms with Crippen LogP contribution < -0.4 is 21.3 Å². The molecular weight excluding hydrogens is 901 g/mol. The van der Waals surface area contributed by atoms with E-state index in [1.165, 1.54) is 0 Å². The number of nitrogens with one attached hydrogen (secondary N) is 4. The number of ketones is 4. The van der Waals surface area contributed by atoms with E-state index in [9.17, 15) is 57.5 Å². The van der Waals surface area contributed by atoms with Gasteiger partial charge in [-0.1, -0.05) is 0 Å². The molecule has 0 radical (unpaired) electrons. The monoisotopic (exact) mass is 981 g/mol. The molecule has 0 aliphatic carbocycles. The van der Waals surface area contributed by atoms with E-state index in [0.717, 1.165) is 0 Å². The number of hydrogen-bond donors (Lipinski definition) is 4. The van der Waals surface area contributed by atoms with Crippen LogP contribution in [0, 0.1) is 5.41 Å². The molecule has 0 aromatic heterocycles. The molecule has 69 heavy (non-hydrogen) atoms. The average molecular weight is 981 g/mol. The van der Waals surface area contributed by atoms with Crippen LogP contribution in [0.1, 0.15) is 186 Å². The van der Waals surface area contributed by atoms with Gasteiger partial charge in [0.25, 0.3) is 0 Å². The summed E-state index contributed by atoms with van der Waals surface area (Å²) in [5, 5.41) is 9.95. The zero-order valence-electron chi connectivity index (χ0n) is 43.2. The van der Waals surface area contributed by atoms with Crippen LogP contribution in [-0.2, 0) is 76.5 Å². The van der Waals surface area contributed by atoms with Crippen LogP contribution in [0.2, 0.25) is 0 Å². The van der Waals surface area contributed by atoms with Crippen molar-refractivity contribution < 1.29 is 76.5 Å². The van der Waals surface area contributed by atoms with Gasteiger partial charge in [0.2, 0.25) is 23.6 Å². The Bertz CT molecular complexity index is 1550. The van der Waals surface area contributed by atoms with Gasteiger partial charge in [0, 0.05) is 51.4 Å². The van der Waals surface area contributed by atoms with Crippen molar-refractivity contribution in [3.05, 3.63) is 0 Å². The van der Waals surface area contributed by atoms with Crippen molar-refractivity contribution in [2.24, 2.45) is 5.41 Å². The summed E-state index contributed by atoms with van der Waals surface area (Å²) in [6, 6.07) is 0. The third-order valence-electron chi connectivity index (χ3n) is 9.57. The molecule has 0 spiro atoms. The summed E-state index contributed by atoms with van der Waals surface area (Å²) in [5.41, 5.74) is -4.06. The minimum absolute atomic E-state index is 0.0280. The molecule has 0 fully saturated rings. The second-order valence-corrected chi connectivity index (χ2v) is 21.1. The Hall–Kier alpha value is -5.56. The summed E-state index contributed by atoms with van der Waals surface area (Å²) >= 11 is 0. The molecule has 392 valence electrons. The highest BCUT2D eigenvalue weighted by molar-refractivity contribution is 5.90. The third kappa shape index (κ3) is 37.1. The summed E-state index contributed by atoms with van der Waals surface area (Å²) < 4.78 is 20.9. The lowest BCUT2D eigenvalue weighted by molar-refractivity contribution is -0.156. The molecule has 0 bridgehead atoms. The number of esters is 4. The lowest BCUT2D eigenvalue weighted by atomic mass is 9.70. The first-order valence-electron chi connectivity index (χ1n) is 23.6. The van der Waals surface area contributed by atoms with E-state index in [0.29, 0.717) is 0 Å². The van der Waals surface area contributed by atoms with Gasteiger partial charge in [-0.25, -0.2) is 0 Å². The molecule has 0 aliphatic rings. The fourth-order valence-electron chi connectivity index (χ4n) is 6.30. The number of rotatable bonds is 32. The SMILES string of the molecule is CC(C)(C)OC(=O)CCC(=O)NCC(=O)CCC(CCC(=O)CNC(=O)CCC(=O)OC(C)(C)C)(CCC(=O)CNC(=O)CCC(=O)OC(C)(C)C)CCC(=O)CNC(=O)CCC(=O)OC(C)(C)C. The number of amides is 4. The summed E-state index contributed by atoms with van der Waals surface area (Å²) in [4.78, 5) is 152. The van der Waals surface area contributed by atoms with E-state index in [-0.39, 0.29) is 103 Å². The predicted molar refractivity (Wildman–Crippen MR) is 252 cm³/mol. The lowest BCUT2D eigenvalue weighted by Crippen LogP contribution is -2.34. The minimum atomic E-state index is -1.07. The fraction of sp³-hybridized carbons (Fsp3) is 0.755. The highest BCUT2D eigenvalue weighted by Gasteiger charge is 2.33. The van der Waals surface area contributed by atoms with Gasteiger partial charge < -0.3 is 40.2 Å². The van der Waals surface area contributed by atoms with Crippen LogP contribution in [0.4, 0.5) is 0 Å². The topological polar surface area (TPSA) is 290 Å². The third-order valence-corrected chi connectivity index (χ3v) is 9.57. The predicted octanol–water partition coefficient (Wildman–Crippen LogP) is 4.32. The number of Topliss-reactive ketones (excluding diaryl/α,β-unsaturated/α-hetero) is 4. The standard InChI is InChI=1S/C49H80N4O16/c1-45(2,3)66-41(62)17-13-37(58)50-29-33(54)21-25-49(26-22-34(55)30-51-38(59)14-18-42(63)67-46(4,5)6,27-23-35(56)31-52-39(60)15-19-43(64)68-47(7,8)9)28-24-36(57)32-53-40(61)16-20-44(65)69-48(10,11)12/h13-32H2,1-12H3,(H,50,58)(H,51,59)(H,52,60)(H,53,61). The van der Waals surface area contributed by atoms with Crippen molar-refractivity contribution in [1.82, 2.24) is 21.3 Å². The molecule has 20 nitrogen and oxygen atoms in total. The van der Waals surface area contributed by atoms with Gasteiger partial charge in [0.15, 0.2) is 23.1 Å². The molecular formula is C49H80N4O16. The second-order valence-electron chi connectivity index (χ2n) is 21.1. The van der Waals surface area contributed by atoms with Gasteiger partial charge >= 0.3 is 23.9 Å². The Balaban J connectivity index is 6.22. The average Bonchev–Trinajstić information content (AvgIpc) is 3.20. The Labute approximate surface area is 407 Å². The summed E-state index contributed by atoms with van der Waals surface area (Å²) in [6.07, 6.45) is -2.36. The lowest BCUT2D eigenvalue weighted by Gasteiger charge is -2.34. The molecule has 0 heterocycles. The summed E-state index contributed by atoms with van der Waals surface area (Å²) in [6.45, 7) is 18.6. The normalized spacial score (nSPS) is 11.9. The Morgan fingerprint density at radius 3 is 0.609 bits per heavy atom. The molecule has 0 unspecified atom stereocenters. The quantitative estimate of drug-likeness (QED) is 0.0539. The Kier molecular flexibility index (Phi) is 27.7. The zero-order valence-corrected chi connectivity index (χ0v) is 43.2. The van der Waals surface area contributed by atoms with E-state index in [2.05, 4.69) is 21.3 Å². The van der Waals surface area contributed by atoms with Crippen LogP contribution in [0.25, 0.3) is 0 Å². The van der Waals surface area contributed by atoms with E-state index >= 15 is 0 Å². The molecule has 20 heteroatoms. The Morgan fingerprint density at radius 2 is 0.449 bits per heavy atom. The van der Waals surface area contributed by atoms with Crippen LogP contribution in [0.3, 0.4) is 0 Å². The van der Waals surface area contributed by atoms with E-state index in [1.54, 1.807) is 83.1 Å². The fourth-order valence-corrected chi connectivity index (χ4v) is 6.30. The van der Waals surface area contributed by atoms with Gasteiger partial charge in [-0.15, -0.1) is 0 Å². The van der Waals surface area contributed by atoms with Gasteiger partial charge in [-0.05, 0) is 114 Å². The number of carbonyl (C=O) groups excluding carboxylic acids is 12. The molecule has 4 N–H and O–H groups in total. The van der Waals surface area contributed by atoms with Gasteiger partial charge in [0.05, 0.1) is 51.9 Å². The van der Waals surface area contributed by atoms with Crippen molar-refractivity contribution in [1.29, 1.82) is 0 Å². The summed E-state index contributed by atoms with van der Waals surface area (Å²) in [5.74, 6) is -6.37. The Morgan fingerprint density at radius 1 is 0.275 bits per heavy atom. The number of carbonyl (C=O) groups is 12. The molecule has 0 rings (SSSR count). The van der Waals surface area contributed by atoms with E-state index < -0.39 is 125 Å². The van der Waals surface area contributed by atoms with Crippen molar-refractivity contribution in [3.63, 3.8) is 0 Å². The molecule has 0 atom stereocenters. The number of hydrogen-bond acceptors (Lipinski definition) is 16. The van der Waals surface area contributed by atoms with Gasteiger partial charge in [-0.2, -0.15) is 0 Å². The first kappa shape index (κ1) is 63.4. The van der Waals surface area contributed by atoms with Crippen molar-refractivity contribution in [2.45, 2.75) is 208 Å². The summed E-state index contributed by atoms with van der Waals surface area (Å²) in [7, 11) is 0. The van der Waals surface area contributed by atoms with Crippen LogP contribution in [0.15, 0.2) is 0 Å². The molecule has 0 saturated heterocycles. The maximum absolute atomic E-state index is 13.3. The number of ether oxygens (including phenoxy) is 4. The largest absolute Gasteiger partial charge is 0.460 e. The second kappa shape index (κ2) is 30.1. The maximum atomic E-state index is 13.3. The molecule has 0 aromatic carbocycles. The first-order valence-corrected chi connectivity index (χ1v) is 23.6. The van der Waals surface area contributed by atoms with Crippen molar-refractivity contribution >= 4 is 70.6 Å². The first-order chi connectivity index (χ1) is 31.6. The van der Waals surface area contributed by atoms with E-state index in [4.69, 9.17) is 18.9 Å². The molecule has 0 aromatic rings. The molecule has 0 saturated carbocycles. The zero-order chi connectivity index (χ0) is 53.2. The van der Waals surface area contributed by atoms with E-state index in [1.807, 2.05) is 0 Å². The van der Waals surface area contributed by atoms with Crippen molar-refractivity contribution in [2.75, 3.05) is 26.2 Å². The highest BCUT2D eigenvalue weighted by atomic mass is 16.6. The minimum Gasteiger partial charge on any atom is -0.460 e. The van der Waals surface area contributed by atoms with Crippen molar-refractivity contribution in [3.8, 4) is 0 Å². The van der Waals surface area contributed by atoms with Gasteiger partial charge in [0.1, 0.15) is 22.4 Å². The van der Waals surface area contributed by atoms with Crippen LogP contribution in [-0.4, -0.2) is 119 Å².